The molecule has 0 fully saturated rings. The Bertz CT molecular complexity index is 572. The number of allylic oxidation sites excluding steroid dienone is 4. The molecule has 80 valence electrons. The summed E-state index contributed by atoms with van der Waals surface area (Å²) in [5.41, 5.74) is 2.58. The van der Waals surface area contributed by atoms with E-state index in [1.165, 1.54) is 16.6 Å². The number of fused-ring (bicyclic) bond motifs is 1. The van der Waals surface area contributed by atoms with Crippen LogP contribution in [0.5, 0.6) is 0 Å². The monoisotopic (exact) mass is 209 g/mol. The average Bonchev–Trinajstić information content (AvgIpc) is 2.74. The molecule has 1 unspecified atom stereocenters. The van der Waals surface area contributed by atoms with E-state index in [4.69, 9.17) is 0 Å². The van der Waals surface area contributed by atoms with Crippen LogP contribution in [0.1, 0.15) is 13.3 Å². The van der Waals surface area contributed by atoms with Gasteiger partial charge in [-0.15, -0.1) is 0 Å². The van der Waals surface area contributed by atoms with Crippen molar-refractivity contribution in [3.8, 4) is 0 Å². The molecule has 1 heteroatoms. The molecule has 0 radical (unpaired) electrons. The molecular formula is C15H15N. The summed E-state index contributed by atoms with van der Waals surface area (Å²) >= 11 is 0. The molecule has 1 nitrogen and oxygen atoms in total. The van der Waals surface area contributed by atoms with Crippen molar-refractivity contribution >= 4 is 16.6 Å². The van der Waals surface area contributed by atoms with Gasteiger partial charge in [-0.3, -0.25) is 0 Å². The van der Waals surface area contributed by atoms with Gasteiger partial charge in [0.15, 0.2) is 0 Å². The van der Waals surface area contributed by atoms with Gasteiger partial charge in [0, 0.05) is 11.9 Å². The van der Waals surface area contributed by atoms with Crippen molar-refractivity contribution in [3.05, 3.63) is 54.8 Å². The predicted molar refractivity (Wildman–Crippen MR) is 69.1 cm³/mol. The minimum atomic E-state index is 0.672. The lowest BCUT2D eigenvalue weighted by atomic mass is 10.0. The first-order chi connectivity index (χ1) is 7.84. The number of aromatic nitrogens is 1. The lowest BCUT2D eigenvalue weighted by Crippen LogP contribution is -1.99. The smallest absolute Gasteiger partial charge is 0.0528 e. The average molecular weight is 209 g/mol. The lowest BCUT2D eigenvalue weighted by molar-refractivity contribution is 0.735. The number of benzene rings is 1. The molecule has 0 saturated carbocycles. The zero-order valence-corrected chi connectivity index (χ0v) is 9.43. The highest BCUT2D eigenvalue weighted by atomic mass is 15.0. The molecule has 16 heavy (non-hydrogen) atoms. The van der Waals surface area contributed by atoms with Crippen LogP contribution in [0.3, 0.4) is 0 Å². The fraction of sp³-hybridized carbons (Fsp3) is 0.200. The topological polar surface area (TPSA) is 4.93 Å². The highest BCUT2D eigenvalue weighted by molar-refractivity contribution is 5.84. The summed E-state index contributed by atoms with van der Waals surface area (Å²) in [6.07, 6.45) is 10.1. The maximum absolute atomic E-state index is 2.32. The van der Waals surface area contributed by atoms with Crippen molar-refractivity contribution in [2.24, 2.45) is 5.92 Å². The van der Waals surface area contributed by atoms with Crippen molar-refractivity contribution in [3.63, 3.8) is 0 Å². The summed E-state index contributed by atoms with van der Waals surface area (Å²) in [5, 5.41) is 1.30. The molecule has 1 atom stereocenters. The van der Waals surface area contributed by atoms with Gasteiger partial charge in [0.2, 0.25) is 0 Å². The van der Waals surface area contributed by atoms with Gasteiger partial charge in [-0.1, -0.05) is 37.3 Å². The molecule has 1 aliphatic rings. The summed E-state index contributed by atoms with van der Waals surface area (Å²) in [6, 6.07) is 10.7. The quantitative estimate of drug-likeness (QED) is 0.667. The second-order valence-corrected chi connectivity index (χ2v) is 4.45. The normalized spacial score (nSPS) is 20.1. The Morgan fingerprint density at radius 3 is 2.88 bits per heavy atom. The summed E-state index contributed by atoms with van der Waals surface area (Å²) in [4.78, 5) is 0. The van der Waals surface area contributed by atoms with Crippen LogP contribution >= 0.6 is 0 Å². The van der Waals surface area contributed by atoms with Crippen LogP contribution in [0, 0.1) is 5.92 Å². The number of hydrogen-bond acceptors (Lipinski definition) is 0. The molecule has 0 saturated heterocycles. The highest BCUT2D eigenvalue weighted by Gasteiger charge is 2.07. The van der Waals surface area contributed by atoms with Gasteiger partial charge < -0.3 is 4.57 Å². The molecule has 1 aromatic heterocycles. The van der Waals surface area contributed by atoms with Crippen molar-refractivity contribution in [1.29, 1.82) is 0 Å². The zero-order valence-electron chi connectivity index (χ0n) is 9.43. The van der Waals surface area contributed by atoms with E-state index in [9.17, 15) is 0 Å². The highest BCUT2D eigenvalue weighted by Crippen LogP contribution is 2.24. The number of rotatable bonds is 1. The van der Waals surface area contributed by atoms with Gasteiger partial charge in [0.1, 0.15) is 0 Å². The van der Waals surface area contributed by atoms with E-state index in [0.29, 0.717) is 5.92 Å². The molecule has 2 aromatic rings. The van der Waals surface area contributed by atoms with Gasteiger partial charge in [-0.05, 0) is 35.9 Å². The minimum Gasteiger partial charge on any atom is -0.317 e. The van der Waals surface area contributed by atoms with Crippen molar-refractivity contribution < 1.29 is 0 Å². The number of nitrogens with zero attached hydrogens (tertiary/aromatic N) is 1. The van der Waals surface area contributed by atoms with E-state index in [1.54, 1.807) is 0 Å². The second-order valence-electron chi connectivity index (χ2n) is 4.45. The molecule has 1 aliphatic carbocycles. The molecule has 3 rings (SSSR count). The van der Waals surface area contributed by atoms with E-state index < -0.39 is 0 Å². The van der Waals surface area contributed by atoms with Crippen LogP contribution in [0.25, 0.3) is 16.6 Å². The predicted octanol–water partition coefficient (Wildman–Crippen LogP) is 4.08. The van der Waals surface area contributed by atoms with Crippen LogP contribution in [0.4, 0.5) is 0 Å². The molecule has 0 N–H and O–H groups in total. The molecule has 0 amide bonds. The van der Waals surface area contributed by atoms with E-state index in [0.717, 1.165) is 6.42 Å². The maximum atomic E-state index is 2.32. The number of hydrogen-bond donors (Lipinski definition) is 0. The maximum Gasteiger partial charge on any atom is 0.0528 e. The van der Waals surface area contributed by atoms with Crippen molar-refractivity contribution in [2.45, 2.75) is 13.3 Å². The first-order valence-corrected chi connectivity index (χ1v) is 5.79. The van der Waals surface area contributed by atoms with Crippen LogP contribution in [-0.4, -0.2) is 4.57 Å². The third-order valence-corrected chi connectivity index (χ3v) is 3.17. The standard InChI is InChI=1S/C15H15N/c1-12-6-8-14(9-7-12)16-11-10-13-4-2-3-5-15(13)16/h2-6,8-12H,7H2,1H3. The summed E-state index contributed by atoms with van der Waals surface area (Å²) in [6.45, 7) is 2.25. The fourth-order valence-corrected chi connectivity index (χ4v) is 2.20. The minimum absolute atomic E-state index is 0.672. The molecule has 0 aliphatic heterocycles. The van der Waals surface area contributed by atoms with Crippen LogP contribution < -0.4 is 0 Å². The molecule has 1 aromatic carbocycles. The Balaban J connectivity index is 2.10. The number of para-hydroxylation sites is 1. The summed E-state index contributed by atoms with van der Waals surface area (Å²) < 4.78 is 2.26. The Morgan fingerprint density at radius 2 is 2.06 bits per heavy atom. The molecule has 0 spiro atoms. The Labute approximate surface area is 95.7 Å². The Hall–Kier alpha value is -1.76. The van der Waals surface area contributed by atoms with E-state index in [2.05, 4.69) is 66.2 Å². The van der Waals surface area contributed by atoms with Gasteiger partial charge in [-0.2, -0.15) is 0 Å². The lowest BCUT2D eigenvalue weighted by Gasteiger charge is -2.13. The first kappa shape index (κ1) is 9.46. The van der Waals surface area contributed by atoms with Crippen LogP contribution in [0.15, 0.2) is 54.8 Å². The second kappa shape index (κ2) is 3.67. The third kappa shape index (κ3) is 1.49. The SMILES string of the molecule is CC1C=CC(n2ccc3ccccc32)=CC1. The van der Waals surface area contributed by atoms with Crippen molar-refractivity contribution in [2.75, 3.05) is 0 Å². The van der Waals surface area contributed by atoms with Gasteiger partial charge in [0.25, 0.3) is 0 Å². The first-order valence-electron chi connectivity index (χ1n) is 5.79. The fourth-order valence-electron chi connectivity index (χ4n) is 2.20. The van der Waals surface area contributed by atoms with Gasteiger partial charge in [-0.25, -0.2) is 0 Å². The Morgan fingerprint density at radius 1 is 1.19 bits per heavy atom. The summed E-state index contributed by atoms with van der Waals surface area (Å²) in [7, 11) is 0. The van der Waals surface area contributed by atoms with Crippen molar-refractivity contribution in [1.82, 2.24) is 4.57 Å². The van der Waals surface area contributed by atoms with Gasteiger partial charge >= 0.3 is 0 Å². The van der Waals surface area contributed by atoms with Crippen LogP contribution in [0.2, 0.25) is 0 Å². The van der Waals surface area contributed by atoms with E-state index in [1.807, 2.05) is 0 Å². The van der Waals surface area contributed by atoms with Crippen LogP contribution in [-0.2, 0) is 0 Å². The molecular weight excluding hydrogens is 194 g/mol. The molecule has 0 bridgehead atoms. The third-order valence-electron chi connectivity index (χ3n) is 3.17. The Kier molecular flexibility index (Phi) is 2.17. The van der Waals surface area contributed by atoms with Gasteiger partial charge in [0.05, 0.1) is 5.52 Å². The summed E-state index contributed by atoms with van der Waals surface area (Å²) in [5.74, 6) is 0.672. The van der Waals surface area contributed by atoms with E-state index in [-0.39, 0.29) is 0 Å². The molecule has 1 heterocycles. The largest absolute Gasteiger partial charge is 0.317 e. The zero-order chi connectivity index (χ0) is 11.0. The van der Waals surface area contributed by atoms with E-state index >= 15 is 0 Å².